The summed E-state index contributed by atoms with van der Waals surface area (Å²) in [5.74, 6) is -0.0452. The Morgan fingerprint density at radius 1 is 1.56 bits per heavy atom. The highest BCUT2D eigenvalue weighted by Gasteiger charge is 1.90. The van der Waals surface area contributed by atoms with Crippen LogP contribution in [0.25, 0.3) is 0 Å². The lowest BCUT2D eigenvalue weighted by Gasteiger charge is -1.93. The van der Waals surface area contributed by atoms with Crippen molar-refractivity contribution in [2.45, 2.75) is 27.2 Å². The van der Waals surface area contributed by atoms with Gasteiger partial charge in [0.25, 0.3) is 0 Å². The van der Waals surface area contributed by atoms with E-state index < -0.39 is 0 Å². The highest BCUT2D eigenvalue weighted by molar-refractivity contribution is 5.82. The van der Waals surface area contributed by atoms with Crippen LogP contribution in [0.15, 0.2) is 5.10 Å². The second-order valence-electron chi connectivity index (χ2n) is 1.95. The van der Waals surface area contributed by atoms with E-state index in [2.05, 4.69) is 10.5 Å². The summed E-state index contributed by atoms with van der Waals surface area (Å²) < 4.78 is 0. The SMILES string of the molecule is CCC(=O)NN=C(C)C. The highest BCUT2D eigenvalue weighted by Crippen LogP contribution is 1.75. The van der Waals surface area contributed by atoms with Gasteiger partial charge in [-0.25, -0.2) is 5.43 Å². The molecule has 0 spiro atoms. The molecule has 1 amide bonds. The van der Waals surface area contributed by atoms with Crippen LogP contribution >= 0.6 is 0 Å². The molecule has 0 aromatic heterocycles. The standard InChI is InChI=1S/C6H12N2O/c1-4-6(9)8-7-5(2)3/h4H2,1-3H3,(H,8,9). The number of amides is 1. The van der Waals surface area contributed by atoms with Crippen LogP contribution in [0.3, 0.4) is 0 Å². The van der Waals surface area contributed by atoms with Crippen molar-refractivity contribution >= 4 is 11.6 Å². The number of hydrogen-bond donors (Lipinski definition) is 1. The summed E-state index contributed by atoms with van der Waals surface area (Å²) in [5.41, 5.74) is 3.24. The molecule has 0 aliphatic heterocycles. The molecule has 0 saturated heterocycles. The Kier molecular flexibility index (Phi) is 3.67. The molecule has 0 radical (unpaired) electrons. The first kappa shape index (κ1) is 8.14. The topological polar surface area (TPSA) is 41.5 Å². The summed E-state index contributed by atoms with van der Waals surface area (Å²) in [7, 11) is 0. The molecule has 0 aliphatic rings. The lowest BCUT2D eigenvalue weighted by Crippen LogP contribution is -2.16. The number of hydrazone groups is 1. The first-order valence-corrected chi connectivity index (χ1v) is 2.96. The van der Waals surface area contributed by atoms with Crippen LogP contribution in [-0.2, 0) is 4.79 Å². The minimum atomic E-state index is -0.0452. The van der Waals surface area contributed by atoms with Crippen LogP contribution < -0.4 is 5.43 Å². The van der Waals surface area contributed by atoms with Crippen LogP contribution in [0.2, 0.25) is 0 Å². The van der Waals surface area contributed by atoms with Crippen molar-refractivity contribution < 1.29 is 4.79 Å². The van der Waals surface area contributed by atoms with Crippen molar-refractivity contribution in [2.75, 3.05) is 0 Å². The van der Waals surface area contributed by atoms with Crippen molar-refractivity contribution in [1.29, 1.82) is 0 Å². The quantitative estimate of drug-likeness (QED) is 0.436. The van der Waals surface area contributed by atoms with Gasteiger partial charge in [0.05, 0.1) is 0 Å². The predicted molar refractivity (Wildman–Crippen MR) is 37.2 cm³/mol. The molecule has 9 heavy (non-hydrogen) atoms. The summed E-state index contributed by atoms with van der Waals surface area (Å²) >= 11 is 0. The first-order valence-electron chi connectivity index (χ1n) is 2.96. The maximum Gasteiger partial charge on any atom is 0.239 e. The second-order valence-corrected chi connectivity index (χ2v) is 1.95. The van der Waals surface area contributed by atoms with Crippen LogP contribution in [0, 0.1) is 0 Å². The minimum absolute atomic E-state index is 0.0452. The van der Waals surface area contributed by atoms with Gasteiger partial charge in [0.1, 0.15) is 0 Å². The maximum atomic E-state index is 10.5. The van der Waals surface area contributed by atoms with Crippen molar-refractivity contribution in [1.82, 2.24) is 5.43 Å². The van der Waals surface area contributed by atoms with Crippen molar-refractivity contribution in [3.8, 4) is 0 Å². The molecule has 0 rings (SSSR count). The number of nitrogens with one attached hydrogen (secondary N) is 1. The smallest absolute Gasteiger partial charge is 0.239 e. The van der Waals surface area contributed by atoms with Crippen LogP contribution in [0.4, 0.5) is 0 Å². The summed E-state index contributed by atoms with van der Waals surface area (Å²) in [6, 6.07) is 0. The molecule has 52 valence electrons. The summed E-state index contributed by atoms with van der Waals surface area (Å²) in [6.07, 6.45) is 0.483. The molecule has 0 aliphatic carbocycles. The van der Waals surface area contributed by atoms with Gasteiger partial charge in [0.15, 0.2) is 0 Å². The minimum Gasteiger partial charge on any atom is -0.273 e. The number of rotatable bonds is 2. The van der Waals surface area contributed by atoms with E-state index in [0.29, 0.717) is 6.42 Å². The molecule has 1 N–H and O–H groups in total. The zero-order chi connectivity index (χ0) is 7.28. The lowest BCUT2D eigenvalue weighted by atomic mass is 10.5. The summed E-state index contributed by atoms with van der Waals surface area (Å²) in [6.45, 7) is 5.45. The highest BCUT2D eigenvalue weighted by atomic mass is 16.2. The number of carbonyl (C=O) groups is 1. The third-order valence-electron chi connectivity index (χ3n) is 0.725. The van der Waals surface area contributed by atoms with Crippen molar-refractivity contribution in [2.24, 2.45) is 5.10 Å². The zero-order valence-corrected chi connectivity index (χ0v) is 6.06. The van der Waals surface area contributed by atoms with Gasteiger partial charge in [0, 0.05) is 12.1 Å². The number of carbonyl (C=O) groups excluding carboxylic acids is 1. The average Bonchev–Trinajstić information content (AvgIpc) is 1.83. The Hall–Kier alpha value is -0.860. The molecule has 0 saturated carbocycles. The molecule has 0 unspecified atom stereocenters. The Morgan fingerprint density at radius 2 is 2.11 bits per heavy atom. The van der Waals surface area contributed by atoms with Crippen LogP contribution in [0.1, 0.15) is 27.2 Å². The van der Waals surface area contributed by atoms with E-state index >= 15 is 0 Å². The fourth-order valence-electron chi connectivity index (χ4n) is 0.253. The van der Waals surface area contributed by atoms with E-state index in [4.69, 9.17) is 0 Å². The van der Waals surface area contributed by atoms with Crippen LogP contribution in [-0.4, -0.2) is 11.6 Å². The number of nitrogens with zero attached hydrogens (tertiary/aromatic N) is 1. The van der Waals surface area contributed by atoms with Gasteiger partial charge in [-0.1, -0.05) is 6.92 Å². The average molecular weight is 128 g/mol. The van der Waals surface area contributed by atoms with Crippen molar-refractivity contribution in [3.63, 3.8) is 0 Å². The molecule has 0 bridgehead atoms. The summed E-state index contributed by atoms with van der Waals surface area (Å²) in [4.78, 5) is 10.5. The van der Waals surface area contributed by atoms with Gasteiger partial charge in [-0.15, -0.1) is 0 Å². The molecule has 0 atom stereocenters. The monoisotopic (exact) mass is 128 g/mol. The van der Waals surface area contributed by atoms with Gasteiger partial charge in [0.2, 0.25) is 5.91 Å². The van der Waals surface area contributed by atoms with Crippen molar-refractivity contribution in [3.05, 3.63) is 0 Å². The maximum absolute atomic E-state index is 10.5. The normalized spacial score (nSPS) is 8.33. The van der Waals surface area contributed by atoms with Gasteiger partial charge in [-0.2, -0.15) is 5.10 Å². The Bertz CT molecular complexity index is 125. The van der Waals surface area contributed by atoms with Crippen LogP contribution in [0.5, 0.6) is 0 Å². The fraction of sp³-hybridized carbons (Fsp3) is 0.667. The fourth-order valence-corrected chi connectivity index (χ4v) is 0.253. The third-order valence-corrected chi connectivity index (χ3v) is 0.725. The van der Waals surface area contributed by atoms with Gasteiger partial charge >= 0.3 is 0 Å². The molecular weight excluding hydrogens is 116 g/mol. The third kappa shape index (κ3) is 5.00. The molecule has 0 heterocycles. The summed E-state index contributed by atoms with van der Waals surface area (Å²) in [5, 5.41) is 3.71. The van der Waals surface area contributed by atoms with Gasteiger partial charge < -0.3 is 0 Å². The van der Waals surface area contributed by atoms with E-state index in [1.807, 2.05) is 13.8 Å². The lowest BCUT2D eigenvalue weighted by molar-refractivity contribution is -0.120. The molecule has 0 aromatic carbocycles. The van der Waals surface area contributed by atoms with Gasteiger partial charge in [-0.3, -0.25) is 4.79 Å². The molecule has 0 fully saturated rings. The predicted octanol–water partition coefficient (Wildman–Crippen LogP) is 0.908. The molecule has 3 heteroatoms. The van der Waals surface area contributed by atoms with Gasteiger partial charge in [-0.05, 0) is 13.8 Å². The Labute approximate surface area is 55.1 Å². The van der Waals surface area contributed by atoms with E-state index in [1.165, 1.54) is 0 Å². The zero-order valence-electron chi connectivity index (χ0n) is 6.06. The van der Waals surface area contributed by atoms with E-state index in [1.54, 1.807) is 6.92 Å². The Morgan fingerprint density at radius 3 is 2.44 bits per heavy atom. The van der Waals surface area contributed by atoms with E-state index in [-0.39, 0.29) is 5.91 Å². The first-order chi connectivity index (χ1) is 4.16. The largest absolute Gasteiger partial charge is 0.273 e. The number of hydrogen-bond acceptors (Lipinski definition) is 2. The Balaban J connectivity index is 3.50. The van der Waals surface area contributed by atoms with E-state index in [0.717, 1.165) is 5.71 Å². The molecular formula is C6H12N2O. The van der Waals surface area contributed by atoms with E-state index in [9.17, 15) is 4.79 Å². The molecule has 0 aromatic rings. The molecule has 3 nitrogen and oxygen atoms in total. The second kappa shape index (κ2) is 4.06.